The summed E-state index contributed by atoms with van der Waals surface area (Å²) < 4.78 is 24.4. The van der Waals surface area contributed by atoms with Crippen molar-refractivity contribution < 1.29 is 18.7 Å². The van der Waals surface area contributed by atoms with Gasteiger partial charge in [-0.3, -0.25) is 0 Å². The topological polar surface area (TPSA) is 47.6 Å². The molecule has 3 rings (SSSR count). The summed E-state index contributed by atoms with van der Waals surface area (Å²) >= 11 is 1.68. The molecule has 0 heterocycles. The van der Waals surface area contributed by atoms with Gasteiger partial charge in [-0.15, -0.1) is 11.8 Å². The fourth-order valence-electron chi connectivity index (χ4n) is 2.95. The summed E-state index contributed by atoms with van der Waals surface area (Å²) in [7, 11) is 7.14. The zero-order chi connectivity index (χ0) is 22.9. The van der Waals surface area contributed by atoms with Gasteiger partial charge in [-0.05, 0) is 48.4 Å². The van der Waals surface area contributed by atoms with Gasteiger partial charge in [0, 0.05) is 28.5 Å². The highest BCUT2D eigenvalue weighted by Crippen LogP contribution is 2.33. The molecular formula is C25H23BFNO3S. The predicted molar refractivity (Wildman–Crippen MR) is 130 cm³/mol. The normalized spacial score (nSPS) is 10.8. The van der Waals surface area contributed by atoms with E-state index < -0.39 is 11.8 Å². The number of halogens is 1. The summed E-state index contributed by atoms with van der Waals surface area (Å²) in [6, 6.07) is 18.7. The number of nitrogens with one attached hydrogen (secondary N) is 1. The quantitative estimate of drug-likeness (QED) is 0.210. The number of ether oxygens (including phenoxy) is 2. The maximum Gasteiger partial charge on any atom is 0.330 e. The van der Waals surface area contributed by atoms with E-state index in [1.165, 1.54) is 30.9 Å². The van der Waals surface area contributed by atoms with Crippen LogP contribution in [0.25, 0.3) is 6.08 Å². The van der Waals surface area contributed by atoms with Crippen LogP contribution in [-0.2, 0) is 15.3 Å². The summed E-state index contributed by atoms with van der Waals surface area (Å²) in [6.45, 7) is 2.05. The standard InChI is InChI=1S/C25H23BFNO3S/c1-3-31-25(29)12-9-18-13-19(32-16-17-7-5-4-6-8-17)10-11-22(18)28-23-15-21(27)20(26)14-24(23)30-2/h4-15,28H,3,16H2,1-2H3/b12-9+. The number of hydrogen-bond acceptors (Lipinski definition) is 5. The second kappa shape index (κ2) is 11.4. The van der Waals surface area contributed by atoms with Crippen molar-refractivity contribution in [2.75, 3.05) is 19.0 Å². The number of methoxy groups -OCH3 is 1. The first-order valence-electron chi connectivity index (χ1n) is 10.1. The number of esters is 1. The van der Waals surface area contributed by atoms with Gasteiger partial charge < -0.3 is 14.8 Å². The van der Waals surface area contributed by atoms with Crippen LogP contribution in [0, 0.1) is 5.82 Å². The van der Waals surface area contributed by atoms with Crippen LogP contribution in [0.3, 0.4) is 0 Å². The molecule has 0 aliphatic rings. The van der Waals surface area contributed by atoms with Crippen LogP contribution < -0.4 is 15.5 Å². The number of carbonyl (C=O) groups is 1. The van der Waals surface area contributed by atoms with Crippen LogP contribution >= 0.6 is 11.8 Å². The molecule has 0 atom stereocenters. The van der Waals surface area contributed by atoms with Gasteiger partial charge in [0.15, 0.2) is 0 Å². The number of anilines is 2. The third-order valence-corrected chi connectivity index (χ3v) is 5.61. The van der Waals surface area contributed by atoms with E-state index in [4.69, 9.17) is 17.3 Å². The second-order valence-corrected chi connectivity index (χ2v) is 7.86. The maximum atomic E-state index is 14.1. The van der Waals surface area contributed by atoms with Gasteiger partial charge in [-0.1, -0.05) is 35.8 Å². The summed E-state index contributed by atoms with van der Waals surface area (Å²) in [5, 5.41) is 3.18. The molecule has 4 nitrogen and oxygen atoms in total. The zero-order valence-corrected chi connectivity index (χ0v) is 18.7. The van der Waals surface area contributed by atoms with Crippen molar-refractivity contribution in [1.29, 1.82) is 0 Å². The highest BCUT2D eigenvalue weighted by atomic mass is 32.2. The predicted octanol–water partition coefficient (Wildman–Crippen LogP) is 5.24. The van der Waals surface area contributed by atoms with Crippen LogP contribution in [0.1, 0.15) is 18.1 Å². The molecule has 3 aromatic rings. The van der Waals surface area contributed by atoms with Crippen molar-refractivity contribution in [1.82, 2.24) is 0 Å². The average molecular weight is 447 g/mol. The monoisotopic (exact) mass is 447 g/mol. The smallest absolute Gasteiger partial charge is 0.330 e. The van der Waals surface area contributed by atoms with Gasteiger partial charge in [0.05, 0.1) is 19.4 Å². The highest BCUT2D eigenvalue weighted by Gasteiger charge is 2.11. The van der Waals surface area contributed by atoms with Gasteiger partial charge in [-0.25, -0.2) is 9.18 Å². The van der Waals surface area contributed by atoms with Gasteiger partial charge in [0.25, 0.3) is 0 Å². The van der Waals surface area contributed by atoms with Gasteiger partial charge in [0.2, 0.25) is 0 Å². The van der Waals surface area contributed by atoms with Crippen molar-refractivity contribution in [3.63, 3.8) is 0 Å². The Kier molecular flexibility index (Phi) is 8.39. The second-order valence-electron chi connectivity index (χ2n) is 6.81. The first-order valence-corrected chi connectivity index (χ1v) is 11.0. The molecular weight excluding hydrogens is 424 g/mol. The first-order chi connectivity index (χ1) is 15.5. The molecule has 0 saturated heterocycles. The van der Waals surface area contributed by atoms with Crippen LogP contribution in [0.15, 0.2) is 71.6 Å². The lowest BCUT2D eigenvalue weighted by Crippen LogP contribution is -2.10. The van der Waals surface area contributed by atoms with Crippen LogP contribution in [0.4, 0.5) is 15.8 Å². The Morgan fingerprint density at radius 3 is 2.62 bits per heavy atom. The van der Waals surface area contributed by atoms with Gasteiger partial charge >= 0.3 is 5.97 Å². The number of carbonyl (C=O) groups excluding carboxylic acids is 1. The molecule has 0 spiro atoms. The average Bonchev–Trinajstić information content (AvgIpc) is 2.80. The number of thioether (sulfide) groups is 1. The largest absolute Gasteiger partial charge is 0.495 e. The Bertz CT molecular complexity index is 1110. The molecule has 0 unspecified atom stereocenters. The minimum Gasteiger partial charge on any atom is -0.495 e. The Morgan fingerprint density at radius 2 is 1.91 bits per heavy atom. The SMILES string of the molecule is [B]c1cc(OC)c(Nc2ccc(SCc3ccccc3)cc2/C=C/C(=O)OCC)cc1F. The molecule has 1 N–H and O–H groups in total. The van der Waals surface area contributed by atoms with Gasteiger partial charge in [-0.2, -0.15) is 0 Å². The van der Waals surface area contributed by atoms with Crippen molar-refractivity contribution in [3.05, 3.63) is 83.7 Å². The van der Waals surface area contributed by atoms with Crippen LogP contribution in [-0.4, -0.2) is 27.5 Å². The summed E-state index contributed by atoms with van der Waals surface area (Å²) in [5.41, 5.74) is 3.06. The Morgan fingerprint density at radius 1 is 1.12 bits per heavy atom. The lowest BCUT2D eigenvalue weighted by atomic mass is 9.95. The molecule has 7 heteroatoms. The van der Waals surface area contributed by atoms with Crippen LogP contribution in [0.2, 0.25) is 0 Å². The fourth-order valence-corrected chi connectivity index (χ4v) is 3.85. The van der Waals surface area contributed by atoms with Gasteiger partial charge in [0.1, 0.15) is 19.4 Å². The van der Waals surface area contributed by atoms with E-state index in [1.807, 2.05) is 36.4 Å². The highest BCUT2D eigenvalue weighted by molar-refractivity contribution is 7.98. The van der Waals surface area contributed by atoms with E-state index in [0.717, 1.165) is 16.2 Å². The summed E-state index contributed by atoms with van der Waals surface area (Å²) in [6.07, 6.45) is 3.05. The minimum atomic E-state index is -0.549. The minimum absolute atomic E-state index is 0.00231. The summed E-state index contributed by atoms with van der Waals surface area (Å²) in [5.74, 6) is 0.238. The molecule has 0 aromatic heterocycles. The molecule has 0 fully saturated rings. The molecule has 2 radical (unpaired) electrons. The third kappa shape index (κ3) is 6.41. The van der Waals surface area contributed by atoms with Crippen molar-refractivity contribution >= 4 is 48.5 Å². The van der Waals surface area contributed by atoms with Crippen LogP contribution in [0.5, 0.6) is 5.75 Å². The molecule has 0 aliphatic carbocycles. The number of rotatable bonds is 9. The first kappa shape index (κ1) is 23.5. The molecule has 0 amide bonds. The maximum absolute atomic E-state index is 14.1. The van der Waals surface area contributed by atoms with E-state index >= 15 is 0 Å². The number of benzene rings is 3. The van der Waals surface area contributed by atoms with E-state index in [2.05, 4.69) is 17.4 Å². The van der Waals surface area contributed by atoms with Crippen molar-refractivity contribution in [2.24, 2.45) is 0 Å². The fraction of sp³-hybridized carbons (Fsp3) is 0.160. The lowest BCUT2D eigenvalue weighted by molar-refractivity contribution is -0.137. The summed E-state index contributed by atoms with van der Waals surface area (Å²) in [4.78, 5) is 12.9. The molecule has 3 aromatic carbocycles. The molecule has 0 bridgehead atoms. The Balaban J connectivity index is 1.90. The molecule has 0 aliphatic heterocycles. The Hall–Kier alpha value is -3.19. The van der Waals surface area contributed by atoms with E-state index in [0.29, 0.717) is 23.7 Å². The van der Waals surface area contributed by atoms with Crippen molar-refractivity contribution in [3.8, 4) is 5.75 Å². The zero-order valence-electron chi connectivity index (χ0n) is 17.9. The number of hydrogen-bond donors (Lipinski definition) is 1. The lowest BCUT2D eigenvalue weighted by Gasteiger charge is -2.15. The van der Waals surface area contributed by atoms with Crippen molar-refractivity contribution in [2.45, 2.75) is 17.6 Å². The molecule has 162 valence electrons. The van der Waals surface area contributed by atoms with E-state index in [-0.39, 0.29) is 5.46 Å². The molecule has 0 saturated carbocycles. The van der Waals surface area contributed by atoms with E-state index in [1.54, 1.807) is 24.8 Å². The molecule has 32 heavy (non-hydrogen) atoms. The van der Waals surface area contributed by atoms with E-state index in [9.17, 15) is 9.18 Å². The third-order valence-electron chi connectivity index (χ3n) is 4.55. The Labute approximate surface area is 193 Å².